The van der Waals surface area contributed by atoms with Gasteiger partial charge in [-0.15, -0.1) is 5.73 Å². The fourth-order valence-electron chi connectivity index (χ4n) is 2.68. The maximum absolute atomic E-state index is 12.9. The molecule has 0 unspecified atom stereocenters. The van der Waals surface area contributed by atoms with Gasteiger partial charge >= 0.3 is 0 Å². The van der Waals surface area contributed by atoms with E-state index in [2.05, 4.69) is 5.73 Å². The molecule has 1 aliphatic rings. The minimum absolute atomic E-state index is 0.0244. The summed E-state index contributed by atoms with van der Waals surface area (Å²) in [5, 5.41) is 10.8. The lowest BCUT2D eigenvalue weighted by Gasteiger charge is -2.24. The predicted octanol–water partition coefficient (Wildman–Crippen LogP) is 3.52. The Morgan fingerprint density at radius 1 is 1.14 bits per heavy atom. The molecule has 0 spiro atoms. The summed E-state index contributed by atoms with van der Waals surface area (Å²) in [6, 6.07) is 6.72. The van der Waals surface area contributed by atoms with Crippen molar-refractivity contribution in [2.75, 3.05) is 0 Å². The average molecular weight is 306 g/mol. The van der Waals surface area contributed by atoms with Crippen molar-refractivity contribution in [1.29, 1.82) is 0 Å². The Labute approximate surface area is 126 Å². The van der Waals surface area contributed by atoms with E-state index in [-0.39, 0.29) is 9.80 Å². The van der Waals surface area contributed by atoms with Gasteiger partial charge in [0.1, 0.15) is 10.5 Å². The second kappa shape index (κ2) is 5.80. The van der Waals surface area contributed by atoms with Crippen molar-refractivity contribution < 1.29 is 13.5 Å². The SMILES string of the molecule is CC(C)=C=C(C1(O)CCCC1)S(=O)(=O)c1ccc(C)cc1. The van der Waals surface area contributed by atoms with Gasteiger partial charge < -0.3 is 5.11 Å². The first kappa shape index (κ1) is 16.0. The molecule has 0 aliphatic heterocycles. The number of aliphatic hydroxyl groups is 1. The monoisotopic (exact) mass is 306 g/mol. The van der Waals surface area contributed by atoms with Gasteiger partial charge in [0.25, 0.3) is 0 Å². The Bertz CT molecular complexity index is 680. The van der Waals surface area contributed by atoms with Crippen molar-refractivity contribution in [3.8, 4) is 0 Å². The fourth-order valence-corrected chi connectivity index (χ4v) is 4.46. The van der Waals surface area contributed by atoms with E-state index in [0.717, 1.165) is 24.0 Å². The minimum Gasteiger partial charge on any atom is -0.384 e. The van der Waals surface area contributed by atoms with Gasteiger partial charge in [0, 0.05) is 0 Å². The quantitative estimate of drug-likeness (QED) is 0.869. The Morgan fingerprint density at radius 3 is 2.14 bits per heavy atom. The van der Waals surface area contributed by atoms with Crippen LogP contribution in [0.1, 0.15) is 45.1 Å². The number of aryl methyl sites for hydroxylation is 1. The van der Waals surface area contributed by atoms with Crippen LogP contribution in [0.3, 0.4) is 0 Å². The Balaban J connectivity index is 2.62. The molecule has 1 N–H and O–H groups in total. The summed E-state index contributed by atoms with van der Waals surface area (Å²) in [6.45, 7) is 5.50. The molecule has 1 saturated carbocycles. The van der Waals surface area contributed by atoms with Crippen LogP contribution in [-0.2, 0) is 9.84 Å². The summed E-state index contributed by atoms with van der Waals surface area (Å²) in [6.07, 6.45) is 2.64. The molecule has 0 bridgehead atoms. The molecular weight excluding hydrogens is 284 g/mol. The Hall–Kier alpha value is -1.35. The number of hydrogen-bond acceptors (Lipinski definition) is 3. The van der Waals surface area contributed by atoms with Crippen LogP contribution in [0.2, 0.25) is 0 Å². The number of hydrogen-bond donors (Lipinski definition) is 1. The van der Waals surface area contributed by atoms with E-state index < -0.39 is 15.4 Å². The maximum Gasteiger partial charge on any atom is 0.212 e. The molecule has 1 aliphatic carbocycles. The van der Waals surface area contributed by atoms with Crippen LogP contribution >= 0.6 is 0 Å². The largest absolute Gasteiger partial charge is 0.384 e. The molecule has 0 saturated heterocycles. The summed E-state index contributed by atoms with van der Waals surface area (Å²) in [7, 11) is -3.72. The number of benzene rings is 1. The van der Waals surface area contributed by atoms with Gasteiger partial charge in [-0.2, -0.15) is 0 Å². The van der Waals surface area contributed by atoms with Crippen molar-refractivity contribution in [1.82, 2.24) is 0 Å². The van der Waals surface area contributed by atoms with E-state index in [1.807, 2.05) is 6.92 Å². The molecule has 1 aromatic carbocycles. The van der Waals surface area contributed by atoms with Crippen LogP contribution < -0.4 is 0 Å². The third-order valence-electron chi connectivity index (χ3n) is 3.82. The van der Waals surface area contributed by atoms with Gasteiger partial charge in [0.05, 0.1) is 4.90 Å². The van der Waals surface area contributed by atoms with Crippen molar-refractivity contribution in [2.24, 2.45) is 0 Å². The van der Waals surface area contributed by atoms with Crippen molar-refractivity contribution in [3.05, 3.63) is 46.0 Å². The summed E-state index contributed by atoms with van der Waals surface area (Å²) in [4.78, 5) is 0.244. The molecule has 0 atom stereocenters. The molecular formula is C17H22O3S. The van der Waals surface area contributed by atoms with E-state index >= 15 is 0 Å². The summed E-state index contributed by atoms with van der Waals surface area (Å²) in [5.74, 6) is 0. The lowest BCUT2D eigenvalue weighted by molar-refractivity contribution is 0.0941. The normalized spacial score (nSPS) is 17.3. The summed E-state index contributed by atoms with van der Waals surface area (Å²) < 4.78 is 25.8. The highest BCUT2D eigenvalue weighted by Crippen LogP contribution is 2.40. The molecule has 1 aromatic rings. The third-order valence-corrected chi connectivity index (χ3v) is 5.73. The zero-order valence-corrected chi connectivity index (χ0v) is 13.6. The summed E-state index contributed by atoms with van der Waals surface area (Å²) in [5.41, 5.74) is 3.39. The fraction of sp³-hybridized carbons (Fsp3) is 0.471. The standard InChI is InChI=1S/C17H22O3S/c1-13(2)12-16(17(18)10-4-5-11-17)21(19,20)15-8-6-14(3)7-9-15/h6-9,18H,4-5,10-11H2,1-3H3. The first-order valence-electron chi connectivity index (χ1n) is 7.24. The van der Waals surface area contributed by atoms with Gasteiger partial charge in [-0.3, -0.25) is 0 Å². The zero-order valence-electron chi connectivity index (χ0n) is 12.8. The van der Waals surface area contributed by atoms with E-state index in [1.54, 1.807) is 38.1 Å². The van der Waals surface area contributed by atoms with Crippen molar-refractivity contribution in [2.45, 2.75) is 57.0 Å². The van der Waals surface area contributed by atoms with Gasteiger partial charge in [0.2, 0.25) is 9.84 Å². The molecule has 2 rings (SSSR count). The molecule has 114 valence electrons. The van der Waals surface area contributed by atoms with E-state index in [9.17, 15) is 13.5 Å². The highest BCUT2D eigenvalue weighted by atomic mass is 32.2. The van der Waals surface area contributed by atoms with Crippen LogP contribution in [0.5, 0.6) is 0 Å². The second-order valence-corrected chi connectivity index (χ2v) is 7.90. The van der Waals surface area contributed by atoms with E-state index in [1.165, 1.54) is 0 Å². The topological polar surface area (TPSA) is 54.4 Å². The van der Waals surface area contributed by atoms with Gasteiger partial charge in [-0.1, -0.05) is 30.5 Å². The molecule has 0 amide bonds. The number of rotatable bonds is 3. The molecule has 1 fully saturated rings. The second-order valence-electron chi connectivity index (χ2n) is 6.01. The highest BCUT2D eigenvalue weighted by Gasteiger charge is 2.42. The molecule has 0 heterocycles. The first-order chi connectivity index (χ1) is 9.75. The lowest BCUT2D eigenvalue weighted by atomic mass is 10.0. The van der Waals surface area contributed by atoms with E-state index in [0.29, 0.717) is 12.8 Å². The van der Waals surface area contributed by atoms with Crippen molar-refractivity contribution >= 4 is 9.84 Å². The van der Waals surface area contributed by atoms with Gasteiger partial charge in [0.15, 0.2) is 0 Å². The molecule has 3 nitrogen and oxygen atoms in total. The molecule has 0 radical (unpaired) electrons. The summed E-state index contributed by atoms with van der Waals surface area (Å²) >= 11 is 0. The van der Waals surface area contributed by atoms with Crippen molar-refractivity contribution in [3.63, 3.8) is 0 Å². The maximum atomic E-state index is 12.9. The first-order valence-corrected chi connectivity index (χ1v) is 8.73. The van der Waals surface area contributed by atoms with Gasteiger partial charge in [-0.25, -0.2) is 8.42 Å². The van der Waals surface area contributed by atoms with Crippen LogP contribution in [0.15, 0.2) is 45.4 Å². The van der Waals surface area contributed by atoms with Crippen LogP contribution in [0.25, 0.3) is 0 Å². The predicted molar refractivity (Wildman–Crippen MR) is 83.7 cm³/mol. The zero-order chi connectivity index (χ0) is 15.7. The lowest BCUT2D eigenvalue weighted by Crippen LogP contribution is -2.31. The Morgan fingerprint density at radius 2 is 1.67 bits per heavy atom. The van der Waals surface area contributed by atoms with Crippen LogP contribution in [-0.4, -0.2) is 19.1 Å². The molecule has 21 heavy (non-hydrogen) atoms. The van der Waals surface area contributed by atoms with Crippen LogP contribution in [0, 0.1) is 6.92 Å². The number of sulfone groups is 1. The molecule has 4 heteroatoms. The molecule has 0 aromatic heterocycles. The van der Waals surface area contributed by atoms with Crippen LogP contribution in [0.4, 0.5) is 0 Å². The Kier molecular flexibility index (Phi) is 4.43. The average Bonchev–Trinajstić information content (AvgIpc) is 2.84. The smallest absolute Gasteiger partial charge is 0.212 e. The third kappa shape index (κ3) is 3.29. The van der Waals surface area contributed by atoms with Gasteiger partial charge in [-0.05, 0) is 51.3 Å². The highest BCUT2D eigenvalue weighted by molar-refractivity contribution is 7.95. The van der Waals surface area contributed by atoms with E-state index in [4.69, 9.17) is 0 Å². The minimum atomic E-state index is -3.72.